The zero-order chi connectivity index (χ0) is 16.5. The lowest BCUT2D eigenvalue weighted by Gasteiger charge is -2.22. The van der Waals surface area contributed by atoms with Crippen molar-refractivity contribution >= 4 is 0 Å². The molecule has 126 valence electrons. The van der Waals surface area contributed by atoms with Gasteiger partial charge in [-0.1, -0.05) is 13.8 Å². The van der Waals surface area contributed by atoms with Crippen molar-refractivity contribution < 1.29 is 8.83 Å². The standard InChI is InChI=1S/C16H20N6O2/c1-10(2)15-18-13-6-5-11(9-22(13)21-15)17-8-14-19-20-16(24-14)12-4-3-7-23-12/h3-4,7,10-11,17H,5-6,8-9H2,1-2H3/t11-/m0/s1. The molecule has 0 amide bonds. The van der Waals surface area contributed by atoms with Crippen molar-refractivity contribution in [3.8, 4) is 11.7 Å². The third-order valence-electron chi connectivity index (χ3n) is 4.13. The molecule has 3 aromatic heterocycles. The van der Waals surface area contributed by atoms with Crippen LogP contribution in [0.3, 0.4) is 0 Å². The number of hydrogen-bond acceptors (Lipinski definition) is 7. The highest BCUT2D eigenvalue weighted by molar-refractivity contribution is 5.42. The molecule has 0 radical (unpaired) electrons. The number of nitrogens with zero attached hydrogens (tertiary/aromatic N) is 5. The summed E-state index contributed by atoms with van der Waals surface area (Å²) in [6.07, 6.45) is 3.54. The smallest absolute Gasteiger partial charge is 0.283 e. The molecule has 0 saturated heterocycles. The molecule has 0 bridgehead atoms. The van der Waals surface area contributed by atoms with Crippen LogP contribution in [0.1, 0.15) is 43.7 Å². The average molecular weight is 328 g/mol. The van der Waals surface area contributed by atoms with Crippen LogP contribution in [-0.2, 0) is 19.5 Å². The Labute approximate surface area is 139 Å². The van der Waals surface area contributed by atoms with Crippen LogP contribution in [0, 0.1) is 0 Å². The van der Waals surface area contributed by atoms with E-state index in [-0.39, 0.29) is 0 Å². The Morgan fingerprint density at radius 3 is 3.08 bits per heavy atom. The molecule has 0 aliphatic carbocycles. The molecule has 4 heterocycles. The largest absolute Gasteiger partial charge is 0.459 e. The highest BCUT2D eigenvalue weighted by atomic mass is 16.4. The van der Waals surface area contributed by atoms with Crippen molar-refractivity contribution in [2.45, 2.75) is 51.7 Å². The lowest BCUT2D eigenvalue weighted by molar-refractivity contribution is 0.341. The molecule has 4 rings (SSSR count). The molecule has 0 fully saturated rings. The van der Waals surface area contributed by atoms with Gasteiger partial charge in [-0.25, -0.2) is 9.67 Å². The Kier molecular flexibility index (Phi) is 3.89. The second kappa shape index (κ2) is 6.20. The van der Waals surface area contributed by atoms with E-state index in [0.29, 0.717) is 36.0 Å². The normalized spacial score (nSPS) is 17.4. The minimum Gasteiger partial charge on any atom is -0.459 e. The first kappa shape index (κ1) is 15.1. The van der Waals surface area contributed by atoms with Crippen molar-refractivity contribution in [1.82, 2.24) is 30.3 Å². The molecule has 1 aliphatic rings. The molecule has 1 N–H and O–H groups in total. The van der Waals surface area contributed by atoms with E-state index in [1.54, 1.807) is 18.4 Å². The van der Waals surface area contributed by atoms with Crippen LogP contribution in [0.4, 0.5) is 0 Å². The summed E-state index contributed by atoms with van der Waals surface area (Å²) in [6, 6.07) is 3.91. The topological polar surface area (TPSA) is 94.8 Å². The number of fused-ring (bicyclic) bond motifs is 1. The SMILES string of the molecule is CC(C)c1nc2n(n1)C[C@@H](NCc1nnc(-c3ccco3)o1)CC2. The first-order chi connectivity index (χ1) is 11.7. The first-order valence-corrected chi connectivity index (χ1v) is 8.22. The fourth-order valence-corrected chi connectivity index (χ4v) is 2.80. The van der Waals surface area contributed by atoms with Gasteiger partial charge in [0.05, 0.1) is 19.4 Å². The van der Waals surface area contributed by atoms with Gasteiger partial charge in [-0.05, 0) is 18.6 Å². The molecule has 8 nitrogen and oxygen atoms in total. The Bertz CT molecular complexity index is 805. The molecule has 24 heavy (non-hydrogen) atoms. The molecular weight excluding hydrogens is 308 g/mol. The van der Waals surface area contributed by atoms with Crippen LogP contribution >= 0.6 is 0 Å². The minimum atomic E-state index is 0.318. The van der Waals surface area contributed by atoms with E-state index in [1.165, 1.54) is 0 Å². The van der Waals surface area contributed by atoms with Gasteiger partial charge in [0.15, 0.2) is 11.6 Å². The van der Waals surface area contributed by atoms with E-state index in [4.69, 9.17) is 8.83 Å². The average Bonchev–Trinajstić information content (AvgIpc) is 3.30. The van der Waals surface area contributed by atoms with Gasteiger partial charge < -0.3 is 14.2 Å². The van der Waals surface area contributed by atoms with Gasteiger partial charge >= 0.3 is 0 Å². The zero-order valence-corrected chi connectivity index (χ0v) is 13.8. The number of nitrogens with one attached hydrogen (secondary N) is 1. The summed E-state index contributed by atoms with van der Waals surface area (Å²) in [7, 11) is 0. The molecule has 0 saturated carbocycles. The minimum absolute atomic E-state index is 0.318. The van der Waals surface area contributed by atoms with Gasteiger partial charge in [0.25, 0.3) is 5.89 Å². The molecule has 3 aromatic rings. The Morgan fingerprint density at radius 2 is 2.29 bits per heavy atom. The Morgan fingerprint density at radius 1 is 1.38 bits per heavy atom. The molecule has 0 unspecified atom stereocenters. The predicted octanol–water partition coefficient (Wildman–Crippen LogP) is 2.15. The van der Waals surface area contributed by atoms with Crippen LogP contribution in [-0.4, -0.2) is 31.0 Å². The summed E-state index contributed by atoms with van der Waals surface area (Å²) < 4.78 is 12.9. The van der Waals surface area contributed by atoms with Gasteiger partial charge in [0, 0.05) is 18.4 Å². The van der Waals surface area contributed by atoms with E-state index < -0.39 is 0 Å². The summed E-state index contributed by atoms with van der Waals surface area (Å²) in [4.78, 5) is 4.61. The summed E-state index contributed by atoms with van der Waals surface area (Å²) >= 11 is 0. The monoisotopic (exact) mass is 328 g/mol. The van der Waals surface area contributed by atoms with Crippen LogP contribution in [0.15, 0.2) is 27.2 Å². The summed E-state index contributed by atoms with van der Waals surface area (Å²) in [5.41, 5.74) is 0. The molecule has 8 heteroatoms. The van der Waals surface area contributed by atoms with Crippen LogP contribution in [0.2, 0.25) is 0 Å². The fourth-order valence-electron chi connectivity index (χ4n) is 2.80. The second-order valence-corrected chi connectivity index (χ2v) is 6.32. The first-order valence-electron chi connectivity index (χ1n) is 8.22. The third kappa shape index (κ3) is 2.96. The van der Waals surface area contributed by atoms with E-state index in [0.717, 1.165) is 31.0 Å². The zero-order valence-electron chi connectivity index (χ0n) is 13.8. The van der Waals surface area contributed by atoms with Gasteiger partial charge in [-0.3, -0.25) is 0 Å². The highest BCUT2D eigenvalue weighted by Gasteiger charge is 2.22. The van der Waals surface area contributed by atoms with Crippen molar-refractivity contribution in [2.24, 2.45) is 0 Å². The van der Waals surface area contributed by atoms with Gasteiger partial charge in [0.2, 0.25) is 5.89 Å². The van der Waals surface area contributed by atoms with Crippen molar-refractivity contribution in [3.05, 3.63) is 35.9 Å². The highest BCUT2D eigenvalue weighted by Crippen LogP contribution is 2.19. The molecule has 0 spiro atoms. The molecular formula is C16H20N6O2. The predicted molar refractivity (Wildman–Crippen MR) is 85.1 cm³/mol. The van der Waals surface area contributed by atoms with Crippen molar-refractivity contribution in [2.75, 3.05) is 0 Å². The van der Waals surface area contributed by atoms with Gasteiger partial charge in [0.1, 0.15) is 5.82 Å². The third-order valence-corrected chi connectivity index (χ3v) is 4.13. The van der Waals surface area contributed by atoms with Crippen molar-refractivity contribution in [1.29, 1.82) is 0 Å². The molecule has 1 aliphatic heterocycles. The summed E-state index contributed by atoms with van der Waals surface area (Å²) in [5.74, 6) is 3.89. The summed E-state index contributed by atoms with van der Waals surface area (Å²) in [5, 5.41) is 16.1. The lowest BCUT2D eigenvalue weighted by Crippen LogP contribution is -2.37. The Balaban J connectivity index is 1.37. The number of hydrogen-bond donors (Lipinski definition) is 1. The summed E-state index contributed by atoms with van der Waals surface area (Å²) in [6.45, 7) is 5.57. The van der Waals surface area contributed by atoms with E-state index >= 15 is 0 Å². The van der Waals surface area contributed by atoms with E-state index in [2.05, 4.69) is 39.4 Å². The number of aromatic nitrogens is 5. The van der Waals surface area contributed by atoms with E-state index in [9.17, 15) is 0 Å². The Hall–Kier alpha value is -2.48. The number of furan rings is 1. The lowest BCUT2D eigenvalue weighted by atomic mass is 10.1. The van der Waals surface area contributed by atoms with Gasteiger partial charge in [-0.15, -0.1) is 10.2 Å². The van der Waals surface area contributed by atoms with Crippen LogP contribution < -0.4 is 5.32 Å². The molecule has 1 atom stereocenters. The fraction of sp³-hybridized carbons (Fsp3) is 0.500. The second-order valence-electron chi connectivity index (χ2n) is 6.32. The maximum absolute atomic E-state index is 5.61. The molecule has 0 aromatic carbocycles. The maximum Gasteiger partial charge on any atom is 0.283 e. The van der Waals surface area contributed by atoms with Crippen molar-refractivity contribution in [3.63, 3.8) is 0 Å². The maximum atomic E-state index is 5.61. The number of rotatable bonds is 5. The van der Waals surface area contributed by atoms with Crippen LogP contribution in [0.5, 0.6) is 0 Å². The quantitative estimate of drug-likeness (QED) is 0.766. The van der Waals surface area contributed by atoms with E-state index in [1.807, 2.05) is 4.68 Å². The van der Waals surface area contributed by atoms with Crippen LogP contribution in [0.25, 0.3) is 11.7 Å². The van der Waals surface area contributed by atoms with Gasteiger partial charge in [-0.2, -0.15) is 5.10 Å². The number of aryl methyl sites for hydroxylation is 1.